The molecule has 178 valence electrons. The minimum Gasteiger partial charge on any atom is -0.371 e. The van der Waals surface area contributed by atoms with Gasteiger partial charge in [-0.25, -0.2) is 4.98 Å². The van der Waals surface area contributed by atoms with Crippen LogP contribution in [0.5, 0.6) is 0 Å². The molecule has 34 heavy (non-hydrogen) atoms. The van der Waals surface area contributed by atoms with Gasteiger partial charge in [0, 0.05) is 32.3 Å². The van der Waals surface area contributed by atoms with Crippen molar-refractivity contribution in [3.8, 4) is 0 Å². The van der Waals surface area contributed by atoms with E-state index in [1.165, 1.54) is 18.3 Å². The summed E-state index contributed by atoms with van der Waals surface area (Å²) in [5.41, 5.74) is 2.28. The van der Waals surface area contributed by atoms with Gasteiger partial charge in [0.15, 0.2) is 5.13 Å². The molecule has 0 bridgehead atoms. The summed E-state index contributed by atoms with van der Waals surface area (Å²) in [5.74, 6) is -0.240. The number of carbonyl (C=O) groups excluding carboxylic acids is 2. The number of likely N-dealkylation sites (tertiary alicyclic amines) is 1. The van der Waals surface area contributed by atoms with Crippen molar-refractivity contribution in [2.45, 2.75) is 38.1 Å². The van der Waals surface area contributed by atoms with Crippen molar-refractivity contribution in [1.29, 1.82) is 0 Å². The van der Waals surface area contributed by atoms with Crippen LogP contribution in [0, 0.1) is 0 Å². The number of nitrogens with one attached hydrogen (secondary N) is 2. The summed E-state index contributed by atoms with van der Waals surface area (Å²) in [6.07, 6.45) is 1.88. The van der Waals surface area contributed by atoms with Gasteiger partial charge in [-0.3, -0.25) is 14.5 Å². The Kier molecular flexibility index (Phi) is 6.60. The summed E-state index contributed by atoms with van der Waals surface area (Å²) in [6, 6.07) is 15.6. The number of anilines is 2. The molecule has 8 nitrogen and oxygen atoms in total. The lowest BCUT2D eigenvalue weighted by atomic mass is 9.96. The van der Waals surface area contributed by atoms with Gasteiger partial charge in [0.25, 0.3) is 0 Å². The number of carbonyl (C=O) groups is 2. The SMILES string of the molecule is CC(=O)Nc1ccc2nc(NC(=O)CN3C[C@H](OCc4ccccc4)[C@]4(CCCO4)C3)sc2c1. The highest BCUT2D eigenvalue weighted by Crippen LogP contribution is 2.37. The molecule has 9 heteroatoms. The first kappa shape index (κ1) is 22.9. The maximum Gasteiger partial charge on any atom is 0.240 e. The molecule has 0 aliphatic carbocycles. The summed E-state index contributed by atoms with van der Waals surface area (Å²) >= 11 is 1.39. The lowest BCUT2D eigenvalue weighted by molar-refractivity contribution is -0.117. The summed E-state index contributed by atoms with van der Waals surface area (Å²) in [6.45, 7) is 4.32. The fraction of sp³-hybridized carbons (Fsp3) is 0.400. The molecule has 0 unspecified atom stereocenters. The van der Waals surface area contributed by atoms with E-state index < -0.39 is 0 Å². The molecule has 2 saturated heterocycles. The number of thiazole rings is 1. The van der Waals surface area contributed by atoms with Gasteiger partial charge < -0.3 is 20.1 Å². The Labute approximate surface area is 202 Å². The number of amides is 2. The molecule has 2 aliphatic rings. The second kappa shape index (κ2) is 9.79. The first-order valence-electron chi connectivity index (χ1n) is 11.5. The first-order chi connectivity index (χ1) is 16.5. The Hall–Kier alpha value is -2.85. The summed E-state index contributed by atoms with van der Waals surface area (Å²) < 4.78 is 13.4. The van der Waals surface area contributed by atoms with E-state index in [2.05, 4.69) is 32.7 Å². The molecule has 3 heterocycles. The van der Waals surface area contributed by atoms with E-state index in [0.29, 0.717) is 30.5 Å². The zero-order chi connectivity index (χ0) is 23.5. The molecular weight excluding hydrogens is 452 g/mol. The predicted octanol–water partition coefficient (Wildman–Crippen LogP) is 3.64. The van der Waals surface area contributed by atoms with E-state index >= 15 is 0 Å². The minimum atomic E-state index is -0.342. The van der Waals surface area contributed by atoms with Crippen molar-refractivity contribution in [3.05, 3.63) is 54.1 Å². The average Bonchev–Trinajstić information content (AvgIpc) is 3.51. The van der Waals surface area contributed by atoms with Crippen LogP contribution in [-0.4, -0.2) is 59.6 Å². The molecule has 0 radical (unpaired) electrons. The number of fused-ring (bicyclic) bond motifs is 1. The fourth-order valence-corrected chi connectivity index (χ4v) is 5.68. The third-order valence-electron chi connectivity index (χ3n) is 6.25. The topological polar surface area (TPSA) is 92.8 Å². The lowest BCUT2D eigenvalue weighted by Gasteiger charge is -2.29. The second-order valence-corrected chi connectivity index (χ2v) is 9.93. The summed E-state index contributed by atoms with van der Waals surface area (Å²) in [7, 11) is 0. The van der Waals surface area contributed by atoms with Crippen LogP contribution in [0.3, 0.4) is 0 Å². The van der Waals surface area contributed by atoms with Crippen molar-refractivity contribution in [2.24, 2.45) is 0 Å². The monoisotopic (exact) mass is 480 g/mol. The second-order valence-electron chi connectivity index (χ2n) is 8.90. The molecule has 1 spiro atoms. The lowest BCUT2D eigenvalue weighted by Crippen LogP contribution is -2.42. The molecule has 2 N–H and O–H groups in total. The molecule has 0 saturated carbocycles. The highest BCUT2D eigenvalue weighted by Gasteiger charge is 2.50. The molecule has 2 aromatic carbocycles. The molecule has 1 aromatic heterocycles. The van der Waals surface area contributed by atoms with Crippen LogP contribution in [0.25, 0.3) is 10.2 Å². The minimum absolute atomic E-state index is 0.0716. The average molecular weight is 481 g/mol. The standard InChI is InChI=1S/C25H28N4O4S/c1-17(30)26-19-8-9-20-21(12-19)34-24(27-20)28-23(31)14-29-13-22(25(16-29)10-5-11-33-25)32-15-18-6-3-2-4-7-18/h2-4,6-9,12,22H,5,10-11,13-16H2,1H3,(H,26,30)(H,27,28,31)/t22-,25-/m0/s1. The largest absolute Gasteiger partial charge is 0.371 e. The van der Waals surface area contributed by atoms with Crippen LogP contribution in [0.2, 0.25) is 0 Å². The Morgan fingerprint density at radius 3 is 2.85 bits per heavy atom. The zero-order valence-corrected chi connectivity index (χ0v) is 19.9. The maximum atomic E-state index is 12.8. The Balaban J connectivity index is 1.20. The van der Waals surface area contributed by atoms with Gasteiger partial charge in [0.2, 0.25) is 11.8 Å². The highest BCUT2D eigenvalue weighted by molar-refractivity contribution is 7.22. The van der Waals surface area contributed by atoms with Crippen molar-refractivity contribution >= 4 is 44.2 Å². The van der Waals surface area contributed by atoms with Gasteiger partial charge in [0.05, 0.1) is 23.4 Å². The number of hydrogen-bond donors (Lipinski definition) is 2. The highest BCUT2D eigenvalue weighted by atomic mass is 32.1. The Morgan fingerprint density at radius 1 is 1.24 bits per heavy atom. The molecule has 5 rings (SSSR count). The predicted molar refractivity (Wildman–Crippen MR) is 132 cm³/mol. The van der Waals surface area contributed by atoms with Gasteiger partial charge in [0.1, 0.15) is 11.7 Å². The van der Waals surface area contributed by atoms with Crippen molar-refractivity contribution in [1.82, 2.24) is 9.88 Å². The number of benzene rings is 2. The molecule has 2 aliphatic heterocycles. The van der Waals surface area contributed by atoms with E-state index in [4.69, 9.17) is 9.47 Å². The van der Waals surface area contributed by atoms with Crippen LogP contribution in [0.1, 0.15) is 25.3 Å². The number of ether oxygens (including phenoxy) is 2. The van der Waals surface area contributed by atoms with Gasteiger partial charge in [-0.05, 0) is 36.6 Å². The van der Waals surface area contributed by atoms with Crippen LogP contribution in [-0.2, 0) is 25.7 Å². The third kappa shape index (κ3) is 5.12. The van der Waals surface area contributed by atoms with Crippen molar-refractivity contribution in [2.75, 3.05) is 36.9 Å². The molecule has 2 fully saturated rings. The van der Waals surface area contributed by atoms with E-state index in [1.54, 1.807) is 6.07 Å². The third-order valence-corrected chi connectivity index (χ3v) is 7.19. The summed E-state index contributed by atoms with van der Waals surface area (Å²) in [4.78, 5) is 30.7. The number of hydrogen-bond acceptors (Lipinski definition) is 7. The van der Waals surface area contributed by atoms with E-state index in [-0.39, 0.29) is 30.1 Å². The van der Waals surface area contributed by atoms with Crippen LogP contribution >= 0.6 is 11.3 Å². The van der Waals surface area contributed by atoms with E-state index in [9.17, 15) is 9.59 Å². The number of nitrogens with zero attached hydrogens (tertiary/aromatic N) is 2. The normalized spacial score (nSPS) is 22.4. The zero-order valence-electron chi connectivity index (χ0n) is 19.1. The Morgan fingerprint density at radius 2 is 2.09 bits per heavy atom. The van der Waals surface area contributed by atoms with Crippen molar-refractivity contribution < 1.29 is 19.1 Å². The fourth-order valence-electron chi connectivity index (χ4n) is 4.76. The number of aromatic nitrogens is 1. The molecule has 2 atom stereocenters. The van der Waals surface area contributed by atoms with Gasteiger partial charge in [-0.15, -0.1) is 0 Å². The van der Waals surface area contributed by atoms with Crippen molar-refractivity contribution in [3.63, 3.8) is 0 Å². The maximum absolute atomic E-state index is 12.8. The van der Waals surface area contributed by atoms with Crippen LogP contribution in [0.15, 0.2) is 48.5 Å². The smallest absolute Gasteiger partial charge is 0.240 e. The van der Waals surface area contributed by atoms with Crippen LogP contribution in [0.4, 0.5) is 10.8 Å². The first-order valence-corrected chi connectivity index (χ1v) is 12.3. The molecular formula is C25H28N4O4S. The van der Waals surface area contributed by atoms with Gasteiger partial charge >= 0.3 is 0 Å². The van der Waals surface area contributed by atoms with E-state index in [1.807, 2.05) is 30.3 Å². The Bertz CT molecular complexity index is 1180. The number of rotatable bonds is 7. The molecule has 3 aromatic rings. The van der Waals surface area contributed by atoms with Gasteiger partial charge in [-0.1, -0.05) is 41.7 Å². The van der Waals surface area contributed by atoms with E-state index in [0.717, 1.165) is 35.2 Å². The summed E-state index contributed by atoms with van der Waals surface area (Å²) in [5, 5.41) is 6.24. The molecule has 2 amide bonds. The van der Waals surface area contributed by atoms with Crippen LogP contribution < -0.4 is 10.6 Å². The van der Waals surface area contributed by atoms with Gasteiger partial charge in [-0.2, -0.15) is 0 Å². The quantitative estimate of drug-likeness (QED) is 0.536.